The van der Waals surface area contributed by atoms with Crippen LogP contribution < -0.4 is 4.72 Å². The highest BCUT2D eigenvalue weighted by molar-refractivity contribution is 9.10. The maximum atomic E-state index is 13.3. The number of halogens is 2. The summed E-state index contributed by atoms with van der Waals surface area (Å²) in [7, 11) is -3.49. The molecular formula is C8H9BrFNO2S. The van der Waals surface area contributed by atoms with Crippen molar-refractivity contribution in [2.45, 2.75) is 6.92 Å². The van der Waals surface area contributed by atoms with Crippen molar-refractivity contribution < 1.29 is 12.8 Å². The lowest BCUT2D eigenvalue weighted by atomic mass is 10.2. The van der Waals surface area contributed by atoms with Gasteiger partial charge in [0.05, 0.1) is 5.69 Å². The Kier molecular flexibility index (Phi) is 3.49. The van der Waals surface area contributed by atoms with Crippen molar-refractivity contribution in [3.05, 3.63) is 29.6 Å². The highest BCUT2D eigenvalue weighted by Gasteiger charge is 2.11. The third-order valence-corrected chi connectivity index (χ3v) is 4.23. The molecule has 14 heavy (non-hydrogen) atoms. The van der Waals surface area contributed by atoms with E-state index in [9.17, 15) is 12.8 Å². The smallest absolute Gasteiger partial charge is 0.242 e. The average molecular weight is 282 g/mol. The molecule has 0 amide bonds. The molecule has 0 aliphatic rings. The van der Waals surface area contributed by atoms with Crippen LogP contribution in [-0.2, 0) is 10.0 Å². The Balaban J connectivity index is 3.05. The Morgan fingerprint density at radius 2 is 2.14 bits per heavy atom. The van der Waals surface area contributed by atoms with Gasteiger partial charge in [0.25, 0.3) is 0 Å². The fraction of sp³-hybridized carbons (Fsp3) is 0.250. The molecule has 1 aromatic rings. The minimum Gasteiger partial charge on any atom is -0.280 e. The summed E-state index contributed by atoms with van der Waals surface area (Å²) in [6.07, 6.45) is 0. The number of anilines is 1. The SMILES string of the molecule is Cc1cccc(NS(=O)(=O)CBr)c1F. The molecule has 0 fully saturated rings. The zero-order valence-electron chi connectivity index (χ0n) is 7.42. The van der Waals surface area contributed by atoms with Gasteiger partial charge in [-0.1, -0.05) is 28.1 Å². The van der Waals surface area contributed by atoms with E-state index < -0.39 is 15.8 Å². The molecule has 78 valence electrons. The first kappa shape index (κ1) is 11.5. The number of benzene rings is 1. The maximum Gasteiger partial charge on any atom is 0.242 e. The molecule has 0 aromatic heterocycles. The second-order valence-electron chi connectivity index (χ2n) is 2.76. The Morgan fingerprint density at radius 3 is 2.71 bits per heavy atom. The fourth-order valence-electron chi connectivity index (χ4n) is 0.921. The number of hydrogen-bond donors (Lipinski definition) is 1. The monoisotopic (exact) mass is 281 g/mol. The summed E-state index contributed by atoms with van der Waals surface area (Å²) >= 11 is 2.80. The third-order valence-electron chi connectivity index (χ3n) is 1.60. The van der Waals surface area contributed by atoms with Gasteiger partial charge in [-0.05, 0) is 18.6 Å². The molecule has 0 aliphatic carbocycles. The van der Waals surface area contributed by atoms with Crippen molar-refractivity contribution in [3.63, 3.8) is 0 Å². The average Bonchev–Trinajstić information content (AvgIpc) is 2.13. The standard InChI is InChI=1S/C8H9BrFNO2S/c1-6-3-2-4-7(8(6)10)11-14(12,13)5-9/h2-4,11H,5H2,1H3. The van der Waals surface area contributed by atoms with Gasteiger partial charge in [-0.25, -0.2) is 12.8 Å². The number of aryl methyl sites for hydroxylation is 1. The molecule has 0 bridgehead atoms. The topological polar surface area (TPSA) is 46.2 Å². The summed E-state index contributed by atoms with van der Waals surface area (Å²) in [6, 6.07) is 4.54. The van der Waals surface area contributed by atoms with Gasteiger partial charge in [-0.2, -0.15) is 0 Å². The molecule has 1 aromatic carbocycles. The highest BCUT2D eigenvalue weighted by atomic mass is 79.9. The summed E-state index contributed by atoms with van der Waals surface area (Å²) < 4.78 is 37.4. The van der Waals surface area contributed by atoms with E-state index in [2.05, 4.69) is 20.7 Å². The van der Waals surface area contributed by atoms with E-state index in [0.717, 1.165) is 0 Å². The van der Waals surface area contributed by atoms with E-state index in [0.29, 0.717) is 5.56 Å². The molecule has 6 heteroatoms. The van der Waals surface area contributed by atoms with Crippen molar-refractivity contribution in [1.82, 2.24) is 0 Å². The summed E-state index contributed by atoms with van der Waals surface area (Å²) in [6.45, 7) is 1.57. The van der Waals surface area contributed by atoms with Crippen LogP contribution in [0.2, 0.25) is 0 Å². The third kappa shape index (κ3) is 2.68. The maximum absolute atomic E-state index is 13.3. The first-order valence-corrected chi connectivity index (χ1v) is 6.55. The zero-order valence-corrected chi connectivity index (χ0v) is 9.82. The number of nitrogens with one attached hydrogen (secondary N) is 1. The van der Waals surface area contributed by atoms with Crippen LogP contribution >= 0.6 is 15.9 Å². The van der Waals surface area contributed by atoms with Crippen molar-refractivity contribution in [2.75, 3.05) is 9.38 Å². The van der Waals surface area contributed by atoms with Crippen LogP contribution in [0.3, 0.4) is 0 Å². The Labute approximate surface area is 90.5 Å². The van der Waals surface area contributed by atoms with E-state index in [1.807, 2.05) is 0 Å². The number of alkyl halides is 1. The van der Waals surface area contributed by atoms with Crippen molar-refractivity contribution in [3.8, 4) is 0 Å². The van der Waals surface area contributed by atoms with Crippen LogP contribution in [0.15, 0.2) is 18.2 Å². The molecule has 0 atom stereocenters. The summed E-state index contributed by atoms with van der Waals surface area (Å²) in [5.74, 6) is -0.544. The Hall–Kier alpha value is -0.620. The molecule has 0 radical (unpaired) electrons. The fourth-order valence-corrected chi connectivity index (χ4v) is 1.81. The van der Waals surface area contributed by atoms with Crippen LogP contribution in [0.1, 0.15) is 5.56 Å². The van der Waals surface area contributed by atoms with Crippen LogP contribution in [-0.4, -0.2) is 13.1 Å². The van der Waals surface area contributed by atoms with Gasteiger partial charge in [0, 0.05) is 0 Å². The molecule has 1 N–H and O–H groups in total. The van der Waals surface area contributed by atoms with Gasteiger partial charge in [-0.3, -0.25) is 4.72 Å². The Morgan fingerprint density at radius 1 is 1.50 bits per heavy atom. The zero-order chi connectivity index (χ0) is 10.8. The minimum atomic E-state index is -3.49. The van der Waals surface area contributed by atoms with Crippen molar-refractivity contribution >= 4 is 31.6 Å². The molecule has 1 rings (SSSR count). The molecule has 0 unspecified atom stereocenters. The molecule has 0 spiro atoms. The summed E-state index contributed by atoms with van der Waals surface area (Å²) in [5.41, 5.74) is 0.379. The quantitative estimate of drug-likeness (QED) is 0.864. The van der Waals surface area contributed by atoms with Gasteiger partial charge in [0.1, 0.15) is 10.5 Å². The number of rotatable bonds is 3. The molecule has 3 nitrogen and oxygen atoms in total. The van der Waals surface area contributed by atoms with Crippen LogP contribution in [0, 0.1) is 12.7 Å². The van der Waals surface area contributed by atoms with Gasteiger partial charge >= 0.3 is 0 Å². The molecule has 0 aliphatic heterocycles. The number of hydrogen-bond acceptors (Lipinski definition) is 2. The second kappa shape index (κ2) is 4.27. The first-order valence-electron chi connectivity index (χ1n) is 3.78. The first-order chi connectivity index (χ1) is 6.46. The van der Waals surface area contributed by atoms with E-state index in [1.165, 1.54) is 6.07 Å². The van der Waals surface area contributed by atoms with E-state index in [1.54, 1.807) is 19.1 Å². The van der Waals surface area contributed by atoms with E-state index in [4.69, 9.17) is 0 Å². The van der Waals surface area contributed by atoms with Gasteiger partial charge in [-0.15, -0.1) is 0 Å². The van der Waals surface area contributed by atoms with Crippen LogP contribution in [0.4, 0.5) is 10.1 Å². The minimum absolute atomic E-state index is 0.0237. The Bertz CT molecular complexity index is 433. The lowest BCUT2D eigenvalue weighted by Gasteiger charge is -2.07. The molecule has 0 saturated carbocycles. The lowest BCUT2D eigenvalue weighted by Crippen LogP contribution is -2.14. The normalized spacial score (nSPS) is 11.4. The number of sulfonamides is 1. The van der Waals surface area contributed by atoms with Crippen LogP contribution in [0.5, 0.6) is 0 Å². The van der Waals surface area contributed by atoms with Gasteiger partial charge in [0.15, 0.2) is 0 Å². The summed E-state index contributed by atoms with van der Waals surface area (Å²) in [5, 5.41) is 0. The predicted molar refractivity (Wildman–Crippen MR) is 57.5 cm³/mol. The molecular weight excluding hydrogens is 273 g/mol. The predicted octanol–water partition coefficient (Wildman–Crippen LogP) is 2.23. The molecule has 0 heterocycles. The lowest BCUT2D eigenvalue weighted by molar-refractivity contribution is 0.602. The van der Waals surface area contributed by atoms with Crippen LogP contribution in [0.25, 0.3) is 0 Å². The highest BCUT2D eigenvalue weighted by Crippen LogP contribution is 2.18. The van der Waals surface area contributed by atoms with Crippen molar-refractivity contribution in [1.29, 1.82) is 0 Å². The van der Waals surface area contributed by atoms with Crippen molar-refractivity contribution in [2.24, 2.45) is 0 Å². The van der Waals surface area contributed by atoms with E-state index in [-0.39, 0.29) is 10.3 Å². The van der Waals surface area contributed by atoms with Gasteiger partial charge < -0.3 is 0 Å². The second-order valence-corrected chi connectivity index (χ2v) is 5.79. The van der Waals surface area contributed by atoms with E-state index >= 15 is 0 Å². The summed E-state index contributed by atoms with van der Waals surface area (Å²) in [4.78, 5) is 0. The van der Waals surface area contributed by atoms with Gasteiger partial charge in [0.2, 0.25) is 10.0 Å². The largest absolute Gasteiger partial charge is 0.280 e. The molecule has 0 saturated heterocycles.